The smallest absolute Gasteiger partial charge is 0.343 e. The lowest BCUT2D eigenvalue weighted by molar-refractivity contribution is 0.0596. The molecule has 0 aliphatic heterocycles. The monoisotopic (exact) mass is 385 g/mol. The first-order valence-electron chi connectivity index (χ1n) is 7.98. The lowest BCUT2D eigenvalue weighted by atomic mass is 10.1. The van der Waals surface area contributed by atoms with Gasteiger partial charge >= 0.3 is 5.97 Å². The summed E-state index contributed by atoms with van der Waals surface area (Å²) < 4.78 is 9.97. The summed E-state index contributed by atoms with van der Waals surface area (Å²) in [5, 5.41) is 3.87. The number of rotatable bonds is 5. The first kappa shape index (κ1) is 18.6. The summed E-state index contributed by atoms with van der Waals surface area (Å²) in [4.78, 5) is 32.6. The number of hydrogen-bond donors (Lipinski definition) is 1. The van der Waals surface area contributed by atoms with E-state index in [1.54, 1.807) is 42.6 Å². The van der Waals surface area contributed by atoms with E-state index >= 15 is 0 Å². The summed E-state index contributed by atoms with van der Waals surface area (Å²) in [6.07, 6.45) is 1.55. The van der Waals surface area contributed by atoms with Crippen LogP contribution in [0.15, 0.2) is 42.6 Å². The maximum atomic E-state index is 12.2. The van der Waals surface area contributed by atoms with E-state index in [0.717, 1.165) is 0 Å². The standard InChI is InChI=1S/C19H16ClN3O4/c1-26-18-14(19(25)27-2)9-11-7-13(20)8-12(16(11)23-18)10-22-17(24)15-5-3-4-6-21-15/h3-9H,10H2,1-2H3,(H,22,24). The first-order chi connectivity index (χ1) is 13.0. The number of benzene rings is 1. The van der Waals surface area contributed by atoms with Crippen LogP contribution in [0.1, 0.15) is 26.4 Å². The molecule has 1 amide bonds. The molecular weight excluding hydrogens is 370 g/mol. The molecule has 1 aromatic carbocycles. The van der Waals surface area contributed by atoms with Gasteiger partial charge in [-0.15, -0.1) is 0 Å². The molecule has 3 rings (SSSR count). The molecular formula is C19H16ClN3O4. The van der Waals surface area contributed by atoms with Crippen LogP contribution in [0.3, 0.4) is 0 Å². The molecule has 138 valence electrons. The molecule has 0 unspecified atom stereocenters. The zero-order chi connectivity index (χ0) is 19.4. The molecule has 0 aliphatic carbocycles. The van der Waals surface area contributed by atoms with Gasteiger partial charge in [0.05, 0.1) is 19.7 Å². The fourth-order valence-corrected chi connectivity index (χ4v) is 2.86. The quantitative estimate of drug-likeness (QED) is 0.679. The van der Waals surface area contributed by atoms with E-state index in [-0.39, 0.29) is 23.9 Å². The van der Waals surface area contributed by atoms with Gasteiger partial charge in [-0.3, -0.25) is 9.78 Å². The van der Waals surface area contributed by atoms with Crippen LogP contribution in [0.4, 0.5) is 0 Å². The van der Waals surface area contributed by atoms with E-state index in [0.29, 0.717) is 27.2 Å². The highest BCUT2D eigenvalue weighted by molar-refractivity contribution is 6.31. The highest BCUT2D eigenvalue weighted by Crippen LogP contribution is 2.28. The van der Waals surface area contributed by atoms with Gasteiger partial charge < -0.3 is 14.8 Å². The summed E-state index contributed by atoms with van der Waals surface area (Å²) >= 11 is 6.20. The predicted octanol–water partition coefficient (Wildman–Crippen LogP) is 3.01. The lowest BCUT2D eigenvalue weighted by Crippen LogP contribution is -2.24. The average molecular weight is 386 g/mol. The SMILES string of the molecule is COC(=O)c1cc2cc(Cl)cc(CNC(=O)c3ccccn3)c2nc1OC. The number of methoxy groups -OCH3 is 2. The van der Waals surface area contributed by atoms with Crippen LogP contribution in [0.25, 0.3) is 10.9 Å². The van der Waals surface area contributed by atoms with E-state index < -0.39 is 5.97 Å². The van der Waals surface area contributed by atoms with E-state index in [2.05, 4.69) is 15.3 Å². The number of carbonyl (C=O) groups excluding carboxylic acids is 2. The van der Waals surface area contributed by atoms with Crippen LogP contribution >= 0.6 is 11.6 Å². The fraction of sp³-hybridized carbons (Fsp3) is 0.158. The second kappa shape index (κ2) is 8.01. The van der Waals surface area contributed by atoms with Crippen molar-refractivity contribution < 1.29 is 19.1 Å². The minimum atomic E-state index is -0.564. The second-order valence-electron chi connectivity index (χ2n) is 5.57. The van der Waals surface area contributed by atoms with Gasteiger partial charge in [0.2, 0.25) is 5.88 Å². The maximum absolute atomic E-state index is 12.2. The van der Waals surface area contributed by atoms with Crippen molar-refractivity contribution in [3.63, 3.8) is 0 Å². The molecule has 3 aromatic rings. The highest BCUT2D eigenvalue weighted by atomic mass is 35.5. The van der Waals surface area contributed by atoms with E-state index in [4.69, 9.17) is 21.1 Å². The Kier molecular flexibility index (Phi) is 5.52. The molecule has 2 heterocycles. The molecule has 2 aromatic heterocycles. The van der Waals surface area contributed by atoms with Crippen LogP contribution in [0.5, 0.6) is 5.88 Å². The molecule has 0 radical (unpaired) electrons. The van der Waals surface area contributed by atoms with Gasteiger partial charge in [-0.1, -0.05) is 17.7 Å². The van der Waals surface area contributed by atoms with Crippen LogP contribution in [0.2, 0.25) is 5.02 Å². The molecule has 0 saturated carbocycles. The average Bonchev–Trinajstić information content (AvgIpc) is 2.70. The number of esters is 1. The second-order valence-corrected chi connectivity index (χ2v) is 6.01. The third kappa shape index (κ3) is 3.98. The summed E-state index contributed by atoms with van der Waals surface area (Å²) in [5.74, 6) is -0.748. The third-order valence-electron chi connectivity index (χ3n) is 3.86. The zero-order valence-electron chi connectivity index (χ0n) is 14.7. The van der Waals surface area contributed by atoms with Gasteiger partial charge in [0.15, 0.2) is 0 Å². The van der Waals surface area contributed by atoms with Crippen molar-refractivity contribution >= 4 is 34.4 Å². The highest BCUT2D eigenvalue weighted by Gasteiger charge is 2.18. The number of halogens is 1. The van der Waals surface area contributed by atoms with Crippen molar-refractivity contribution in [2.24, 2.45) is 0 Å². The number of fused-ring (bicyclic) bond motifs is 1. The van der Waals surface area contributed by atoms with Gasteiger partial charge in [0.1, 0.15) is 11.3 Å². The maximum Gasteiger partial charge on any atom is 0.343 e. The molecule has 0 spiro atoms. The van der Waals surface area contributed by atoms with Gasteiger partial charge in [0, 0.05) is 23.2 Å². The molecule has 7 nitrogen and oxygen atoms in total. The van der Waals surface area contributed by atoms with Crippen molar-refractivity contribution in [3.8, 4) is 5.88 Å². The Bertz CT molecular complexity index is 1010. The molecule has 0 atom stereocenters. The van der Waals surface area contributed by atoms with E-state index in [9.17, 15) is 9.59 Å². The van der Waals surface area contributed by atoms with E-state index in [1.807, 2.05) is 0 Å². The van der Waals surface area contributed by atoms with Crippen molar-refractivity contribution in [3.05, 3.63) is 64.4 Å². The Morgan fingerprint density at radius 2 is 2.00 bits per heavy atom. The number of hydrogen-bond acceptors (Lipinski definition) is 6. The summed E-state index contributed by atoms with van der Waals surface area (Å²) in [6, 6.07) is 10.1. The fourth-order valence-electron chi connectivity index (χ4n) is 2.61. The molecule has 0 fully saturated rings. The van der Waals surface area contributed by atoms with Gasteiger partial charge in [-0.05, 0) is 35.9 Å². The van der Waals surface area contributed by atoms with Gasteiger partial charge in [-0.2, -0.15) is 0 Å². The largest absolute Gasteiger partial charge is 0.480 e. The number of pyridine rings is 2. The Labute approximate surface area is 160 Å². The summed E-state index contributed by atoms with van der Waals surface area (Å²) in [7, 11) is 2.70. The zero-order valence-corrected chi connectivity index (χ0v) is 15.4. The van der Waals surface area contributed by atoms with Crippen LogP contribution < -0.4 is 10.1 Å². The molecule has 0 bridgehead atoms. The Morgan fingerprint density at radius 3 is 2.67 bits per heavy atom. The number of carbonyl (C=O) groups is 2. The predicted molar refractivity (Wildman–Crippen MR) is 100 cm³/mol. The van der Waals surface area contributed by atoms with Crippen molar-refractivity contribution in [1.82, 2.24) is 15.3 Å². The van der Waals surface area contributed by atoms with Crippen LogP contribution in [0, 0.1) is 0 Å². The van der Waals surface area contributed by atoms with Crippen molar-refractivity contribution in [2.45, 2.75) is 6.54 Å². The molecule has 27 heavy (non-hydrogen) atoms. The summed E-state index contributed by atoms with van der Waals surface area (Å²) in [6.45, 7) is 0.181. The number of ether oxygens (including phenoxy) is 2. The summed E-state index contributed by atoms with van der Waals surface area (Å²) in [5.41, 5.74) is 1.74. The number of nitrogens with zero attached hydrogens (tertiary/aromatic N) is 2. The Hall–Kier alpha value is -3.19. The third-order valence-corrected chi connectivity index (χ3v) is 4.08. The van der Waals surface area contributed by atoms with Crippen LogP contribution in [-0.2, 0) is 11.3 Å². The number of aromatic nitrogens is 2. The number of nitrogens with one attached hydrogen (secondary N) is 1. The Balaban J connectivity index is 1.97. The molecule has 0 aliphatic rings. The van der Waals surface area contributed by atoms with Crippen molar-refractivity contribution in [1.29, 1.82) is 0 Å². The minimum Gasteiger partial charge on any atom is -0.480 e. The molecule has 8 heteroatoms. The normalized spacial score (nSPS) is 10.5. The van der Waals surface area contributed by atoms with Gasteiger partial charge in [0.25, 0.3) is 5.91 Å². The molecule has 1 N–H and O–H groups in total. The molecule has 0 saturated heterocycles. The van der Waals surface area contributed by atoms with Gasteiger partial charge in [-0.25, -0.2) is 9.78 Å². The first-order valence-corrected chi connectivity index (χ1v) is 8.36. The van der Waals surface area contributed by atoms with E-state index in [1.165, 1.54) is 14.2 Å². The van der Waals surface area contributed by atoms with Crippen molar-refractivity contribution in [2.75, 3.05) is 14.2 Å². The Morgan fingerprint density at radius 1 is 1.19 bits per heavy atom. The number of amides is 1. The minimum absolute atomic E-state index is 0.133. The topological polar surface area (TPSA) is 90.4 Å². The lowest BCUT2D eigenvalue weighted by Gasteiger charge is -2.12. The van der Waals surface area contributed by atoms with Crippen LogP contribution in [-0.4, -0.2) is 36.1 Å².